The number of hydrogen-bond donors (Lipinski definition) is 3. The maximum absolute atomic E-state index is 10.7. The van der Waals surface area contributed by atoms with Crippen molar-refractivity contribution in [1.82, 2.24) is 0 Å². The molecule has 0 radical (unpaired) electrons. The zero-order valence-corrected chi connectivity index (χ0v) is 8.92. The number of ether oxygens (including phenoxy) is 2. The van der Waals surface area contributed by atoms with Crippen LogP contribution in [0.15, 0.2) is 12.1 Å². The van der Waals surface area contributed by atoms with Gasteiger partial charge in [-0.3, -0.25) is 0 Å². The van der Waals surface area contributed by atoms with Crippen LogP contribution in [0.2, 0.25) is 0 Å². The zero-order valence-electron chi connectivity index (χ0n) is 8.92. The maximum Gasteiger partial charge on any atom is 0.337 e. The van der Waals surface area contributed by atoms with Crippen LogP contribution in [0.25, 0.3) is 0 Å². The molecule has 0 amide bonds. The lowest BCUT2D eigenvalue weighted by Gasteiger charge is -2.14. The predicted octanol–water partition coefficient (Wildman–Crippen LogP) is 0.671. The van der Waals surface area contributed by atoms with Gasteiger partial charge in [0, 0.05) is 12.0 Å². The van der Waals surface area contributed by atoms with Crippen molar-refractivity contribution in [1.29, 1.82) is 0 Å². The lowest BCUT2D eigenvalue weighted by molar-refractivity contribution is -0.147. The van der Waals surface area contributed by atoms with E-state index in [1.165, 1.54) is 12.1 Å². The molecule has 0 aromatic heterocycles. The Labute approximate surface area is 97.0 Å². The van der Waals surface area contributed by atoms with E-state index in [4.69, 9.17) is 14.6 Å². The van der Waals surface area contributed by atoms with Gasteiger partial charge in [-0.2, -0.15) is 0 Å². The van der Waals surface area contributed by atoms with Gasteiger partial charge in [0.15, 0.2) is 17.6 Å². The summed E-state index contributed by atoms with van der Waals surface area (Å²) in [6.45, 7) is 0.834. The first-order chi connectivity index (χ1) is 8.11. The van der Waals surface area contributed by atoms with Crippen LogP contribution in [-0.2, 0) is 4.79 Å². The SMILES string of the molecule is O=C(O)C(O)c1ccc2c(c1O)OCCCO2. The fraction of sp³-hybridized carbons (Fsp3) is 0.364. The van der Waals surface area contributed by atoms with E-state index in [9.17, 15) is 15.0 Å². The number of rotatable bonds is 2. The fourth-order valence-electron chi connectivity index (χ4n) is 1.59. The molecule has 1 heterocycles. The molecule has 0 saturated heterocycles. The summed E-state index contributed by atoms with van der Waals surface area (Å²) < 4.78 is 10.6. The van der Waals surface area contributed by atoms with Gasteiger partial charge in [0.25, 0.3) is 0 Å². The Morgan fingerprint density at radius 3 is 2.71 bits per heavy atom. The Balaban J connectivity index is 2.44. The number of aromatic hydroxyl groups is 1. The van der Waals surface area contributed by atoms with Gasteiger partial charge in [-0.25, -0.2) is 4.79 Å². The lowest BCUT2D eigenvalue weighted by Crippen LogP contribution is -2.11. The van der Waals surface area contributed by atoms with Crippen LogP contribution < -0.4 is 9.47 Å². The highest BCUT2D eigenvalue weighted by atomic mass is 16.5. The van der Waals surface area contributed by atoms with Gasteiger partial charge in [-0.05, 0) is 12.1 Å². The van der Waals surface area contributed by atoms with Gasteiger partial charge in [0.1, 0.15) is 0 Å². The molecule has 0 bridgehead atoms. The molecule has 1 aliphatic heterocycles. The molecule has 2 rings (SSSR count). The number of phenolic OH excluding ortho intramolecular Hbond substituents is 1. The maximum atomic E-state index is 10.7. The van der Waals surface area contributed by atoms with Gasteiger partial charge in [0.05, 0.1) is 13.2 Å². The second-order valence-electron chi connectivity index (χ2n) is 3.62. The number of fused-ring (bicyclic) bond motifs is 1. The average Bonchev–Trinajstić information content (AvgIpc) is 2.54. The molecule has 0 fully saturated rings. The molecular formula is C11H12O6. The molecule has 0 spiro atoms. The van der Waals surface area contributed by atoms with Crippen LogP contribution in [0, 0.1) is 0 Å². The highest BCUT2D eigenvalue weighted by Crippen LogP contribution is 2.42. The molecular weight excluding hydrogens is 228 g/mol. The predicted molar refractivity (Wildman–Crippen MR) is 56.3 cm³/mol. The number of aliphatic hydroxyl groups excluding tert-OH is 1. The Kier molecular flexibility index (Phi) is 3.06. The zero-order chi connectivity index (χ0) is 12.4. The Hall–Kier alpha value is -1.95. The van der Waals surface area contributed by atoms with Crippen LogP contribution in [0.3, 0.4) is 0 Å². The molecule has 1 aromatic carbocycles. The number of aliphatic hydroxyl groups is 1. The van der Waals surface area contributed by atoms with E-state index in [1.54, 1.807) is 0 Å². The summed E-state index contributed by atoms with van der Waals surface area (Å²) in [7, 11) is 0. The van der Waals surface area contributed by atoms with Crippen LogP contribution >= 0.6 is 0 Å². The second-order valence-corrected chi connectivity index (χ2v) is 3.62. The van der Waals surface area contributed by atoms with Gasteiger partial charge >= 0.3 is 5.97 Å². The minimum absolute atomic E-state index is 0.0836. The summed E-state index contributed by atoms with van der Waals surface area (Å²) in [5.41, 5.74) is -0.109. The van der Waals surface area contributed by atoms with Crippen molar-refractivity contribution >= 4 is 5.97 Å². The lowest BCUT2D eigenvalue weighted by atomic mass is 10.1. The molecule has 0 saturated carbocycles. The molecule has 3 N–H and O–H groups in total. The van der Waals surface area contributed by atoms with Crippen molar-refractivity contribution in [2.45, 2.75) is 12.5 Å². The monoisotopic (exact) mass is 240 g/mol. The summed E-state index contributed by atoms with van der Waals surface area (Å²) in [6.07, 6.45) is -1.11. The number of carboxylic acid groups (broad SMARTS) is 1. The van der Waals surface area contributed by atoms with E-state index >= 15 is 0 Å². The third-order valence-electron chi connectivity index (χ3n) is 2.45. The molecule has 92 valence electrons. The summed E-state index contributed by atoms with van der Waals surface area (Å²) in [4.78, 5) is 10.7. The van der Waals surface area contributed by atoms with E-state index in [0.29, 0.717) is 25.4 Å². The number of carbonyl (C=O) groups is 1. The molecule has 6 heteroatoms. The van der Waals surface area contributed by atoms with Crippen LogP contribution in [0.5, 0.6) is 17.2 Å². The molecule has 1 aliphatic rings. The van der Waals surface area contributed by atoms with Gasteiger partial charge in [0.2, 0.25) is 5.75 Å². The first-order valence-electron chi connectivity index (χ1n) is 5.13. The highest BCUT2D eigenvalue weighted by Gasteiger charge is 2.25. The molecule has 1 aromatic rings. The van der Waals surface area contributed by atoms with E-state index in [-0.39, 0.29) is 17.1 Å². The molecule has 1 atom stereocenters. The van der Waals surface area contributed by atoms with Gasteiger partial charge in [-0.1, -0.05) is 0 Å². The summed E-state index contributed by atoms with van der Waals surface area (Å²) in [5.74, 6) is -1.39. The minimum atomic E-state index is -1.79. The van der Waals surface area contributed by atoms with E-state index in [1.807, 2.05) is 0 Å². The van der Waals surface area contributed by atoms with Crippen molar-refractivity contribution in [3.8, 4) is 17.2 Å². The number of phenols is 1. The average molecular weight is 240 g/mol. The third kappa shape index (κ3) is 2.12. The number of aliphatic carboxylic acids is 1. The van der Waals surface area contributed by atoms with Gasteiger partial charge < -0.3 is 24.8 Å². The smallest absolute Gasteiger partial charge is 0.337 e. The highest BCUT2D eigenvalue weighted by molar-refractivity contribution is 5.76. The van der Waals surface area contributed by atoms with Crippen LogP contribution in [0.1, 0.15) is 18.1 Å². The Morgan fingerprint density at radius 1 is 1.29 bits per heavy atom. The Bertz CT molecular complexity index is 442. The van der Waals surface area contributed by atoms with E-state index < -0.39 is 12.1 Å². The van der Waals surface area contributed by atoms with Crippen molar-refractivity contribution in [2.24, 2.45) is 0 Å². The molecule has 0 aliphatic carbocycles. The normalized spacial score (nSPS) is 16.1. The summed E-state index contributed by atoms with van der Waals surface area (Å²) in [5, 5.41) is 27.9. The van der Waals surface area contributed by atoms with E-state index in [2.05, 4.69) is 0 Å². The van der Waals surface area contributed by atoms with E-state index in [0.717, 1.165) is 0 Å². The van der Waals surface area contributed by atoms with Gasteiger partial charge in [-0.15, -0.1) is 0 Å². The standard InChI is InChI=1S/C11H12O6/c12-8-6(9(13)11(14)15)2-3-7-10(8)17-5-1-4-16-7/h2-3,9,12-13H,1,4-5H2,(H,14,15). The first kappa shape index (κ1) is 11.5. The summed E-state index contributed by atoms with van der Waals surface area (Å²) >= 11 is 0. The van der Waals surface area contributed by atoms with Crippen LogP contribution in [0.4, 0.5) is 0 Å². The largest absolute Gasteiger partial charge is 0.504 e. The van der Waals surface area contributed by atoms with Crippen molar-refractivity contribution in [3.05, 3.63) is 17.7 Å². The number of benzene rings is 1. The Morgan fingerprint density at radius 2 is 2.00 bits per heavy atom. The molecule has 17 heavy (non-hydrogen) atoms. The third-order valence-corrected chi connectivity index (χ3v) is 2.45. The second kappa shape index (κ2) is 4.50. The molecule has 1 unspecified atom stereocenters. The van der Waals surface area contributed by atoms with Crippen molar-refractivity contribution in [3.63, 3.8) is 0 Å². The quantitative estimate of drug-likeness (QED) is 0.703. The number of hydrogen-bond acceptors (Lipinski definition) is 5. The van der Waals surface area contributed by atoms with Crippen molar-refractivity contribution in [2.75, 3.05) is 13.2 Å². The molecule has 6 nitrogen and oxygen atoms in total. The minimum Gasteiger partial charge on any atom is -0.504 e. The topological polar surface area (TPSA) is 96.2 Å². The van der Waals surface area contributed by atoms with Crippen LogP contribution in [-0.4, -0.2) is 34.5 Å². The first-order valence-corrected chi connectivity index (χ1v) is 5.13. The van der Waals surface area contributed by atoms with Crippen molar-refractivity contribution < 1.29 is 29.6 Å². The number of carboxylic acids is 1. The summed E-state index contributed by atoms with van der Waals surface area (Å²) in [6, 6.07) is 2.78. The fourth-order valence-corrected chi connectivity index (χ4v) is 1.59.